The Labute approximate surface area is 209 Å². The van der Waals surface area contributed by atoms with Crippen LogP contribution in [-0.2, 0) is 11.3 Å². The fourth-order valence-corrected chi connectivity index (χ4v) is 4.21. The van der Waals surface area contributed by atoms with Gasteiger partial charge in [-0.05, 0) is 41.7 Å². The standard InChI is InChI=1S/C27H33F3N4O2/c1-27(2,3)24(34(26(35)36-4)12-11-22(31)15-28)25-32-23(19-8-6-10-21(30)14-19)17-33(25)16-18-7-5-9-20(29)13-18/h5-10,13-14,17,22,24H,11-12,15-16,31H2,1-4H3/t22?,24-/m0/s1. The summed E-state index contributed by atoms with van der Waals surface area (Å²) in [6.45, 7) is 5.54. The van der Waals surface area contributed by atoms with E-state index in [-0.39, 0.29) is 25.3 Å². The second kappa shape index (κ2) is 11.6. The van der Waals surface area contributed by atoms with Crippen LogP contribution in [0.4, 0.5) is 18.0 Å². The van der Waals surface area contributed by atoms with Gasteiger partial charge in [0.2, 0.25) is 0 Å². The molecule has 0 saturated heterocycles. The molecule has 0 aliphatic rings. The molecule has 194 valence electrons. The molecule has 1 amide bonds. The Hall–Kier alpha value is -3.33. The van der Waals surface area contributed by atoms with Crippen LogP contribution in [0, 0.1) is 17.0 Å². The first-order valence-electron chi connectivity index (χ1n) is 11.8. The van der Waals surface area contributed by atoms with Crippen LogP contribution in [0.1, 0.15) is 44.6 Å². The Kier molecular flexibility index (Phi) is 8.79. The van der Waals surface area contributed by atoms with Gasteiger partial charge in [-0.3, -0.25) is 4.90 Å². The van der Waals surface area contributed by atoms with Crippen LogP contribution in [0.15, 0.2) is 54.7 Å². The third-order valence-corrected chi connectivity index (χ3v) is 5.89. The summed E-state index contributed by atoms with van der Waals surface area (Å²) < 4.78 is 48.0. The molecule has 0 aliphatic heterocycles. The van der Waals surface area contributed by atoms with E-state index in [2.05, 4.69) is 0 Å². The summed E-state index contributed by atoms with van der Waals surface area (Å²) in [4.78, 5) is 19.3. The molecule has 0 radical (unpaired) electrons. The van der Waals surface area contributed by atoms with E-state index in [0.29, 0.717) is 22.6 Å². The number of halogens is 3. The smallest absolute Gasteiger partial charge is 0.410 e. The molecule has 1 heterocycles. The van der Waals surface area contributed by atoms with Crippen molar-refractivity contribution < 1.29 is 22.7 Å². The Morgan fingerprint density at radius 1 is 1.14 bits per heavy atom. The third-order valence-electron chi connectivity index (χ3n) is 5.89. The molecule has 2 aromatic carbocycles. The number of hydrogen-bond acceptors (Lipinski definition) is 4. The number of benzene rings is 2. The summed E-state index contributed by atoms with van der Waals surface area (Å²) in [6, 6.07) is 10.9. The van der Waals surface area contributed by atoms with E-state index in [1.807, 2.05) is 25.3 Å². The number of nitrogens with zero attached hydrogens (tertiary/aromatic N) is 3. The summed E-state index contributed by atoms with van der Waals surface area (Å²) >= 11 is 0. The SMILES string of the molecule is COC(=O)N(CCC(N)CF)[C@@H](c1nc(-c2cccc(F)c2)cn1Cc1cccc(F)c1)C(C)(C)C. The highest BCUT2D eigenvalue weighted by Crippen LogP contribution is 2.39. The monoisotopic (exact) mass is 502 g/mol. The van der Waals surface area contributed by atoms with Gasteiger partial charge in [-0.1, -0.05) is 45.0 Å². The maximum Gasteiger partial charge on any atom is 0.410 e. The largest absolute Gasteiger partial charge is 0.453 e. The van der Waals surface area contributed by atoms with Crippen molar-refractivity contribution in [2.24, 2.45) is 11.1 Å². The number of carbonyl (C=O) groups excluding carboxylic acids is 1. The van der Waals surface area contributed by atoms with Crippen LogP contribution in [0.25, 0.3) is 11.3 Å². The second-order valence-corrected chi connectivity index (χ2v) is 9.89. The third kappa shape index (κ3) is 6.66. The predicted octanol–water partition coefficient (Wildman–Crippen LogP) is 5.72. The fraction of sp³-hybridized carbons (Fsp3) is 0.407. The zero-order valence-corrected chi connectivity index (χ0v) is 21.0. The quantitative estimate of drug-likeness (QED) is 0.406. The van der Waals surface area contributed by atoms with Crippen LogP contribution >= 0.6 is 0 Å². The van der Waals surface area contributed by atoms with Crippen LogP contribution in [0.5, 0.6) is 0 Å². The molecule has 3 aromatic rings. The van der Waals surface area contributed by atoms with Crippen molar-refractivity contribution in [2.45, 2.75) is 45.8 Å². The average molecular weight is 503 g/mol. The molecule has 3 rings (SSSR count). The number of rotatable bonds is 9. The summed E-state index contributed by atoms with van der Waals surface area (Å²) in [5, 5.41) is 0. The fourth-order valence-electron chi connectivity index (χ4n) is 4.21. The topological polar surface area (TPSA) is 73.4 Å². The zero-order valence-electron chi connectivity index (χ0n) is 21.0. The van der Waals surface area contributed by atoms with E-state index in [9.17, 15) is 18.0 Å². The van der Waals surface area contributed by atoms with Gasteiger partial charge in [0.1, 0.15) is 24.1 Å². The van der Waals surface area contributed by atoms with Crippen molar-refractivity contribution in [1.29, 1.82) is 0 Å². The van der Waals surface area contributed by atoms with Crippen LogP contribution in [0.2, 0.25) is 0 Å². The van der Waals surface area contributed by atoms with Gasteiger partial charge in [0.05, 0.1) is 18.8 Å². The summed E-state index contributed by atoms with van der Waals surface area (Å²) in [5.41, 5.74) is 7.01. The van der Waals surface area contributed by atoms with Crippen LogP contribution < -0.4 is 5.73 Å². The van der Waals surface area contributed by atoms with Crippen LogP contribution in [0.3, 0.4) is 0 Å². The Bertz CT molecular complexity index is 1180. The molecule has 9 heteroatoms. The highest BCUT2D eigenvalue weighted by atomic mass is 19.1. The molecule has 0 bridgehead atoms. The minimum atomic E-state index is -0.729. The molecule has 1 aromatic heterocycles. The maximum atomic E-state index is 14.0. The summed E-state index contributed by atoms with van der Waals surface area (Å²) in [5.74, 6) is -0.272. The lowest BCUT2D eigenvalue weighted by Crippen LogP contribution is -2.44. The van der Waals surface area contributed by atoms with Crippen molar-refractivity contribution in [3.05, 3.63) is 77.8 Å². The first-order chi connectivity index (χ1) is 17.0. The molecule has 0 spiro atoms. The Morgan fingerprint density at radius 3 is 2.39 bits per heavy atom. The zero-order chi connectivity index (χ0) is 26.5. The van der Waals surface area contributed by atoms with Gasteiger partial charge in [0.25, 0.3) is 0 Å². The van der Waals surface area contributed by atoms with E-state index in [4.69, 9.17) is 15.5 Å². The Morgan fingerprint density at radius 2 is 1.81 bits per heavy atom. The number of methoxy groups -OCH3 is 1. The van der Waals surface area contributed by atoms with Crippen molar-refractivity contribution in [3.63, 3.8) is 0 Å². The molecular weight excluding hydrogens is 469 g/mol. The number of nitrogens with two attached hydrogens (primary N) is 1. The number of hydrogen-bond donors (Lipinski definition) is 1. The van der Waals surface area contributed by atoms with E-state index < -0.39 is 36.1 Å². The first kappa shape index (κ1) is 27.3. The molecule has 1 unspecified atom stereocenters. The molecule has 0 saturated carbocycles. The van der Waals surface area contributed by atoms with E-state index >= 15 is 0 Å². The minimum Gasteiger partial charge on any atom is -0.453 e. The van der Waals surface area contributed by atoms with Crippen molar-refractivity contribution in [3.8, 4) is 11.3 Å². The Balaban J connectivity index is 2.16. The lowest BCUT2D eigenvalue weighted by atomic mass is 9.84. The van der Waals surface area contributed by atoms with Gasteiger partial charge in [0, 0.05) is 30.9 Å². The number of alkyl halides is 1. The van der Waals surface area contributed by atoms with Crippen molar-refractivity contribution in [2.75, 3.05) is 20.3 Å². The summed E-state index contributed by atoms with van der Waals surface area (Å²) in [6.07, 6.45) is 1.38. The van der Waals surface area contributed by atoms with Crippen molar-refractivity contribution >= 4 is 6.09 Å². The lowest BCUT2D eigenvalue weighted by molar-refractivity contribution is 0.0613. The number of ether oxygens (including phenoxy) is 1. The molecule has 6 nitrogen and oxygen atoms in total. The predicted molar refractivity (Wildman–Crippen MR) is 133 cm³/mol. The van der Waals surface area contributed by atoms with Gasteiger partial charge < -0.3 is 15.0 Å². The highest BCUT2D eigenvalue weighted by Gasteiger charge is 2.39. The minimum absolute atomic E-state index is 0.141. The molecule has 2 atom stereocenters. The molecule has 36 heavy (non-hydrogen) atoms. The highest BCUT2D eigenvalue weighted by molar-refractivity contribution is 5.68. The number of amides is 1. The normalized spacial score (nSPS) is 13.3. The van der Waals surface area contributed by atoms with Gasteiger partial charge >= 0.3 is 6.09 Å². The van der Waals surface area contributed by atoms with Crippen molar-refractivity contribution in [1.82, 2.24) is 14.5 Å². The van der Waals surface area contributed by atoms with Gasteiger partial charge in [-0.15, -0.1) is 0 Å². The number of carbonyl (C=O) groups is 1. The van der Waals surface area contributed by atoms with E-state index in [1.54, 1.807) is 30.5 Å². The van der Waals surface area contributed by atoms with E-state index in [1.165, 1.54) is 36.3 Å². The van der Waals surface area contributed by atoms with E-state index in [0.717, 1.165) is 0 Å². The summed E-state index contributed by atoms with van der Waals surface area (Å²) in [7, 11) is 1.28. The molecule has 2 N–H and O–H groups in total. The molecule has 0 fully saturated rings. The number of aromatic nitrogens is 2. The second-order valence-electron chi connectivity index (χ2n) is 9.89. The van der Waals surface area contributed by atoms with Gasteiger partial charge in [-0.2, -0.15) is 0 Å². The number of imidazole rings is 1. The van der Waals surface area contributed by atoms with Gasteiger partial charge in [0.15, 0.2) is 0 Å². The van der Waals surface area contributed by atoms with Crippen LogP contribution in [-0.4, -0.2) is 46.9 Å². The first-order valence-corrected chi connectivity index (χ1v) is 11.8. The molecular formula is C27H33F3N4O2. The lowest BCUT2D eigenvalue weighted by Gasteiger charge is -2.39. The maximum absolute atomic E-state index is 14.0. The van der Waals surface area contributed by atoms with Gasteiger partial charge in [-0.25, -0.2) is 22.9 Å². The average Bonchev–Trinajstić information content (AvgIpc) is 3.22. The molecule has 0 aliphatic carbocycles.